The average Bonchev–Trinajstić information content (AvgIpc) is 2.29. The molecule has 1 rings (SSSR count). The maximum absolute atomic E-state index is 10.3. The van der Waals surface area contributed by atoms with Gasteiger partial charge in [-0.1, -0.05) is 0 Å². The Labute approximate surface area is 91.2 Å². The van der Waals surface area contributed by atoms with Crippen molar-refractivity contribution in [3.05, 3.63) is 34.4 Å². The molecule has 0 aliphatic carbocycles. The Kier molecular flexibility index (Phi) is 4.37. The summed E-state index contributed by atoms with van der Waals surface area (Å²) < 4.78 is 0. The fourth-order valence-electron chi connectivity index (χ4n) is 0.903. The molecule has 16 heavy (non-hydrogen) atoms. The van der Waals surface area contributed by atoms with Crippen LogP contribution in [-0.4, -0.2) is 34.1 Å². The normalized spacial score (nSPS) is 12.6. The predicted octanol–water partition coefficient (Wildman–Crippen LogP) is 0.346. The van der Waals surface area contributed by atoms with Crippen LogP contribution in [0.15, 0.2) is 29.4 Å². The quantitative estimate of drug-likeness (QED) is 0.380. The van der Waals surface area contributed by atoms with Crippen molar-refractivity contribution in [3.63, 3.8) is 0 Å². The number of rotatable bonds is 5. The van der Waals surface area contributed by atoms with Crippen molar-refractivity contribution in [1.82, 2.24) is 0 Å². The summed E-state index contributed by atoms with van der Waals surface area (Å²) in [4.78, 5) is 9.85. The number of aliphatic hydroxyl groups is 2. The summed E-state index contributed by atoms with van der Waals surface area (Å²) in [7, 11) is 0. The molecule has 3 N–H and O–H groups in total. The van der Waals surface area contributed by atoms with Gasteiger partial charge in [0.2, 0.25) is 0 Å². The van der Waals surface area contributed by atoms with Crippen LogP contribution in [0.4, 0.5) is 11.4 Å². The van der Waals surface area contributed by atoms with E-state index >= 15 is 0 Å². The van der Waals surface area contributed by atoms with E-state index in [0.717, 1.165) is 6.21 Å². The lowest BCUT2D eigenvalue weighted by molar-refractivity contribution is -0.384. The molecule has 0 saturated heterocycles. The SMILES string of the molecule is O=[N+]([O-])c1ccc(N/N=C/C(O)CO)cc1. The van der Waals surface area contributed by atoms with E-state index in [1.807, 2.05) is 0 Å². The summed E-state index contributed by atoms with van der Waals surface area (Å²) in [6, 6.07) is 5.64. The Morgan fingerprint density at radius 1 is 1.50 bits per heavy atom. The van der Waals surface area contributed by atoms with Crippen LogP contribution in [0.1, 0.15) is 0 Å². The second kappa shape index (κ2) is 5.79. The minimum atomic E-state index is -1.02. The number of nitro groups is 1. The number of hydrogen-bond acceptors (Lipinski definition) is 6. The minimum absolute atomic E-state index is 0.00933. The average molecular weight is 225 g/mol. The van der Waals surface area contributed by atoms with Gasteiger partial charge in [0.1, 0.15) is 6.10 Å². The first-order valence-electron chi connectivity index (χ1n) is 4.46. The minimum Gasteiger partial charge on any atom is -0.393 e. The Balaban J connectivity index is 2.56. The van der Waals surface area contributed by atoms with Crippen LogP contribution in [0, 0.1) is 10.1 Å². The molecule has 86 valence electrons. The lowest BCUT2D eigenvalue weighted by Gasteiger charge is -2.01. The van der Waals surface area contributed by atoms with E-state index in [2.05, 4.69) is 10.5 Å². The maximum Gasteiger partial charge on any atom is 0.269 e. The molecule has 7 nitrogen and oxygen atoms in total. The van der Waals surface area contributed by atoms with E-state index in [1.54, 1.807) is 0 Å². The van der Waals surface area contributed by atoms with Crippen LogP contribution in [0.5, 0.6) is 0 Å². The smallest absolute Gasteiger partial charge is 0.269 e. The third kappa shape index (κ3) is 3.64. The third-order valence-electron chi connectivity index (χ3n) is 1.71. The van der Waals surface area contributed by atoms with Gasteiger partial charge in [0.25, 0.3) is 5.69 Å². The standard InChI is InChI=1S/C9H11N3O4/c13-6-9(14)5-10-11-7-1-3-8(4-2-7)12(15)16/h1-5,9,11,13-14H,6H2/b10-5+. The van der Waals surface area contributed by atoms with Gasteiger partial charge in [0, 0.05) is 12.1 Å². The van der Waals surface area contributed by atoms with Crippen LogP contribution in [0.2, 0.25) is 0 Å². The number of nitro benzene ring substituents is 1. The number of non-ortho nitro benzene ring substituents is 1. The molecule has 0 fully saturated rings. The largest absolute Gasteiger partial charge is 0.393 e. The molecular weight excluding hydrogens is 214 g/mol. The van der Waals surface area contributed by atoms with Gasteiger partial charge in [0.15, 0.2) is 0 Å². The Morgan fingerprint density at radius 3 is 2.62 bits per heavy atom. The third-order valence-corrected chi connectivity index (χ3v) is 1.71. The van der Waals surface area contributed by atoms with E-state index in [1.165, 1.54) is 24.3 Å². The number of aliphatic hydroxyl groups excluding tert-OH is 2. The molecule has 0 amide bonds. The van der Waals surface area contributed by atoms with Crippen LogP contribution >= 0.6 is 0 Å². The van der Waals surface area contributed by atoms with Gasteiger partial charge < -0.3 is 10.2 Å². The zero-order valence-corrected chi connectivity index (χ0v) is 8.28. The van der Waals surface area contributed by atoms with Crippen molar-refractivity contribution >= 4 is 17.6 Å². The fourth-order valence-corrected chi connectivity index (χ4v) is 0.903. The van der Waals surface area contributed by atoms with Gasteiger partial charge >= 0.3 is 0 Å². The monoisotopic (exact) mass is 225 g/mol. The van der Waals surface area contributed by atoms with Gasteiger partial charge in [-0.15, -0.1) is 0 Å². The number of anilines is 1. The zero-order chi connectivity index (χ0) is 12.0. The van der Waals surface area contributed by atoms with E-state index in [0.29, 0.717) is 5.69 Å². The molecule has 0 aliphatic rings. The summed E-state index contributed by atoms with van der Waals surface area (Å²) in [6.07, 6.45) is 0.104. The maximum atomic E-state index is 10.3. The number of hydrogen-bond donors (Lipinski definition) is 3. The highest BCUT2D eigenvalue weighted by molar-refractivity contribution is 5.64. The lowest BCUT2D eigenvalue weighted by Crippen LogP contribution is -2.13. The molecule has 1 unspecified atom stereocenters. The fraction of sp³-hybridized carbons (Fsp3) is 0.222. The van der Waals surface area contributed by atoms with Crippen molar-refractivity contribution in [2.45, 2.75) is 6.10 Å². The van der Waals surface area contributed by atoms with Gasteiger partial charge in [-0.05, 0) is 12.1 Å². The van der Waals surface area contributed by atoms with Gasteiger partial charge in [0.05, 0.1) is 23.4 Å². The summed E-state index contributed by atoms with van der Waals surface area (Å²) in [5.74, 6) is 0. The zero-order valence-electron chi connectivity index (χ0n) is 8.28. The van der Waals surface area contributed by atoms with Crippen LogP contribution in [0.3, 0.4) is 0 Å². The Hall–Kier alpha value is -1.99. The number of nitrogens with one attached hydrogen (secondary N) is 1. The molecule has 1 atom stereocenters. The van der Waals surface area contributed by atoms with Crippen LogP contribution in [-0.2, 0) is 0 Å². The summed E-state index contributed by atoms with van der Waals surface area (Å²) >= 11 is 0. The molecule has 0 saturated carbocycles. The molecular formula is C9H11N3O4. The molecule has 0 spiro atoms. The first kappa shape index (κ1) is 12.1. The first-order valence-corrected chi connectivity index (χ1v) is 4.46. The molecule has 0 bridgehead atoms. The molecule has 1 aromatic rings. The van der Waals surface area contributed by atoms with E-state index in [9.17, 15) is 10.1 Å². The molecule has 0 aliphatic heterocycles. The second-order valence-corrected chi connectivity index (χ2v) is 2.94. The van der Waals surface area contributed by atoms with Crippen LogP contribution < -0.4 is 5.43 Å². The highest BCUT2D eigenvalue weighted by Crippen LogP contribution is 2.14. The molecule has 0 aromatic heterocycles. The van der Waals surface area contributed by atoms with Gasteiger partial charge in [-0.3, -0.25) is 15.5 Å². The second-order valence-electron chi connectivity index (χ2n) is 2.94. The lowest BCUT2D eigenvalue weighted by atomic mass is 10.3. The van der Waals surface area contributed by atoms with Crippen molar-refractivity contribution in [2.24, 2.45) is 5.10 Å². The van der Waals surface area contributed by atoms with Crippen molar-refractivity contribution in [2.75, 3.05) is 12.0 Å². The number of hydrazone groups is 1. The van der Waals surface area contributed by atoms with E-state index in [4.69, 9.17) is 10.2 Å². The first-order chi connectivity index (χ1) is 7.63. The summed E-state index contributed by atoms with van der Waals surface area (Å²) in [5.41, 5.74) is 3.09. The van der Waals surface area contributed by atoms with Gasteiger partial charge in [-0.25, -0.2) is 0 Å². The predicted molar refractivity (Wildman–Crippen MR) is 58.3 cm³/mol. The highest BCUT2D eigenvalue weighted by atomic mass is 16.6. The summed E-state index contributed by atoms with van der Waals surface area (Å²) in [5, 5.41) is 31.4. The molecule has 7 heteroatoms. The Morgan fingerprint density at radius 2 is 2.12 bits per heavy atom. The summed E-state index contributed by atoms with van der Waals surface area (Å²) in [6.45, 7) is -0.411. The van der Waals surface area contributed by atoms with Crippen molar-refractivity contribution in [3.8, 4) is 0 Å². The number of benzene rings is 1. The van der Waals surface area contributed by atoms with Gasteiger partial charge in [-0.2, -0.15) is 5.10 Å². The topological polar surface area (TPSA) is 108 Å². The van der Waals surface area contributed by atoms with Crippen LogP contribution in [0.25, 0.3) is 0 Å². The van der Waals surface area contributed by atoms with E-state index < -0.39 is 17.6 Å². The highest BCUT2D eigenvalue weighted by Gasteiger charge is 2.02. The molecule has 0 radical (unpaired) electrons. The molecule has 0 heterocycles. The van der Waals surface area contributed by atoms with Crippen molar-refractivity contribution < 1.29 is 15.1 Å². The Bertz CT molecular complexity index is 377. The molecule has 1 aromatic carbocycles. The number of nitrogens with zero attached hydrogens (tertiary/aromatic N) is 2. The van der Waals surface area contributed by atoms with E-state index in [-0.39, 0.29) is 5.69 Å². The van der Waals surface area contributed by atoms with Crippen molar-refractivity contribution in [1.29, 1.82) is 0 Å².